The third-order valence-electron chi connectivity index (χ3n) is 5.18. The number of halogens is 3. The van der Waals surface area contributed by atoms with Crippen molar-refractivity contribution in [2.45, 2.75) is 19.6 Å². The maximum absolute atomic E-state index is 13.6. The van der Waals surface area contributed by atoms with Crippen molar-refractivity contribution in [1.29, 1.82) is 0 Å². The smallest absolute Gasteiger partial charge is 0.325 e. The molecule has 3 aromatic heterocycles. The van der Waals surface area contributed by atoms with Crippen LogP contribution in [-0.4, -0.2) is 43.2 Å². The van der Waals surface area contributed by atoms with Gasteiger partial charge in [-0.15, -0.1) is 11.3 Å². The number of nitrogens with zero attached hydrogens (tertiary/aromatic N) is 5. The average Bonchev–Trinajstić information content (AvgIpc) is 3.40. The zero-order chi connectivity index (χ0) is 24.6. The van der Waals surface area contributed by atoms with Gasteiger partial charge < -0.3 is 4.90 Å². The summed E-state index contributed by atoms with van der Waals surface area (Å²) < 4.78 is 41.9. The number of carbonyl (C=O) groups excluding carboxylic acids is 1. The molecule has 0 fully saturated rings. The van der Waals surface area contributed by atoms with Crippen LogP contribution in [0.25, 0.3) is 21.6 Å². The molecule has 4 aromatic rings. The van der Waals surface area contributed by atoms with Crippen LogP contribution in [0.4, 0.5) is 18.9 Å². The van der Waals surface area contributed by atoms with E-state index in [1.165, 1.54) is 46.4 Å². The van der Waals surface area contributed by atoms with E-state index in [1.54, 1.807) is 26.1 Å². The van der Waals surface area contributed by atoms with E-state index in [4.69, 9.17) is 0 Å². The fourth-order valence-electron chi connectivity index (χ4n) is 3.78. The number of thiophene rings is 1. The lowest BCUT2D eigenvalue weighted by Crippen LogP contribution is -2.38. The molecular weight excluding hydrogens is 471 g/mol. The maximum Gasteiger partial charge on any atom is 0.406 e. The standard InChI is InChI=1S/C22H18F3N5O3S/c1-13-19-15(10-16(18-8-5-9-34-18)26-20(19)28(2)27-13)21(31)29(12-22(23,24)25)11-14-6-3-4-7-17(14)30(32)33/h3-10H,11-12H2,1-2H3. The number of rotatable bonds is 6. The van der Waals surface area contributed by atoms with Gasteiger partial charge in [0.2, 0.25) is 0 Å². The summed E-state index contributed by atoms with van der Waals surface area (Å²) in [6, 6.07) is 10.5. The van der Waals surface area contributed by atoms with E-state index in [0.29, 0.717) is 27.3 Å². The molecule has 4 rings (SSSR count). The highest BCUT2D eigenvalue weighted by molar-refractivity contribution is 7.13. The van der Waals surface area contributed by atoms with Gasteiger partial charge in [0.05, 0.1) is 38.7 Å². The van der Waals surface area contributed by atoms with Gasteiger partial charge in [0, 0.05) is 18.7 Å². The van der Waals surface area contributed by atoms with Gasteiger partial charge in [-0.1, -0.05) is 24.3 Å². The van der Waals surface area contributed by atoms with Crippen molar-refractivity contribution in [2.24, 2.45) is 7.05 Å². The van der Waals surface area contributed by atoms with Gasteiger partial charge in [-0.25, -0.2) is 4.98 Å². The molecule has 0 N–H and O–H groups in total. The zero-order valence-corrected chi connectivity index (χ0v) is 18.9. The number of alkyl halides is 3. The number of nitro groups is 1. The second-order valence-corrected chi connectivity index (χ2v) is 8.55. The monoisotopic (exact) mass is 489 g/mol. The minimum Gasteiger partial charge on any atom is -0.325 e. The quantitative estimate of drug-likeness (QED) is 0.277. The Balaban J connectivity index is 1.86. The van der Waals surface area contributed by atoms with Crippen LogP contribution in [0, 0.1) is 17.0 Å². The Morgan fingerprint density at radius 1 is 1.24 bits per heavy atom. The van der Waals surface area contributed by atoms with Crippen LogP contribution in [0.5, 0.6) is 0 Å². The van der Waals surface area contributed by atoms with Crippen molar-refractivity contribution < 1.29 is 22.9 Å². The van der Waals surface area contributed by atoms with Gasteiger partial charge in [0.15, 0.2) is 5.65 Å². The first-order chi connectivity index (χ1) is 16.0. The molecule has 0 aliphatic carbocycles. The van der Waals surface area contributed by atoms with Crippen molar-refractivity contribution in [2.75, 3.05) is 6.54 Å². The fourth-order valence-corrected chi connectivity index (χ4v) is 4.46. The number of nitro benzene ring substituents is 1. The van der Waals surface area contributed by atoms with Crippen molar-refractivity contribution in [3.63, 3.8) is 0 Å². The molecule has 1 amide bonds. The summed E-state index contributed by atoms with van der Waals surface area (Å²) in [6.45, 7) is -0.524. The number of para-hydroxylation sites is 1. The number of fused-ring (bicyclic) bond motifs is 1. The van der Waals surface area contributed by atoms with Crippen LogP contribution in [0.2, 0.25) is 0 Å². The van der Waals surface area contributed by atoms with E-state index in [9.17, 15) is 28.1 Å². The van der Waals surface area contributed by atoms with E-state index in [1.807, 2.05) is 5.38 Å². The van der Waals surface area contributed by atoms with E-state index in [2.05, 4.69) is 10.1 Å². The second kappa shape index (κ2) is 8.86. The summed E-state index contributed by atoms with van der Waals surface area (Å²) >= 11 is 1.37. The zero-order valence-electron chi connectivity index (χ0n) is 18.0. The predicted molar refractivity (Wildman–Crippen MR) is 120 cm³/mol. The lowest BCUT2D eigenvalue weighted by Gasteiger charge is -2.24. The van der Waals surface area contributed by atoms with Crippen molar-refractivity contribution in [3.8, 4) is 10.6 Å². The van der Waals surface area contributed by atoms with Gasteiger partial charge in [0.25, 0.3) is 11.6 Å². The van der Waals surface area contributed by atoms with Crippen LogP contribution in [0.1, 0.15) is 21.6 Å². The van der Waals surface area contributed by atoms with E-state index < -0.39 is 30.1 Å². The molecular formula is C22H18F3N5O3S. The van der Waals surface area contributed by atoms with E-state index in [-0.39, 0.29) is 16.8 Å². The molecule has 0 aliphatic rings. The summed E-state index contributed by atoms with van der Waals surface area (Å²) in [5, 5.41) is 17.8. The molecule has 0 aliphatic heterocycles. The first kappa shape index (κ1) is 23.4. The average molecular weight is 489 g/mol. The molecule has 0 unspecified atom stereocenters. The number of aryl methyl sites for hydroxylation is 2. The third-order valence-corrected chi connectivity index (χ3v) is 6.07. The van der Waals surface area contributed by atoms with Gasteiger partial charge in [-0.05, 0) is 24.4 Å². The Kier molecular flexibility index (Phi) is 6.09. The van der Waals surface area contributed by atoms with Gasteiger partial charge in [-0.2, -0.15) is 18.3 Å². The number of hydrogen-bond donors (Lipinski definition) is 0. The number of hydrogen-bond acceptors (Lipinski definition) is 6. The van der Waals surface area contributed by atoms with Crippen LogP contribution < -0.4 is 0 Å². The van der Waals surface area contributed by atoms with E-state index in [0.717, 1.165) is 4.88 Å². The molecule has 8 nitrogen and oxygen atoms in total. The number of carbonyl (C=O) groups is 1. The fraction of sp³-hybridized carbons (Fsp3) is 0.227. The molecule has 0 saturated heterocycles. The highest BCUT2D eigenvalue weighted by atomic mass is 32.1. The van der Waals surface area contributed by atoms with Crippen molar-refractivity contribution in [1.82, 2.24) is 19.7 Å². The molecule has 0 radical (unpaired) electrons. The Morgan fingerprint density at radius 3 is 2.62 bits per heavy atom. The number of pyridine rings is 1. The molecule has 0 bridgehead atoms. The lowest BCUT2D eigenvalue weighted by atomic mass is 10.1. The van der Waals surface area contributed by atoms with Crippen LogP contribution in [0.3, 0.4) is 0 Å². The summed E-state index contributed by atoms with van der Waals surface area (Å²) in [7, 11) is 1.63. The second-order valence-electron chi connectivity index (χ2n) is 7.60. The summed E-state index contributed by atoms with van der Waals surface area (Å²) in [6.07, 6.45) is -4.72. The minimum absolute atomic E-state index is 0.00170. The van der Waals surface area contributed by atoms with Crippen LogP contribution in [0.15, 0.2) is 47.8 Å². The number of amides is 1. The predicted octanol–water partition coefficient (Wildman–Crippen LogP) is 5.12. The normalized spacial score (nSPS) is 11.7. The largest absolute Gasteiger partial charge is 0.406 e. The molecule has 0 spiro atoms. The van der Waals surface area contributed by atoms with E-state index >= 15 is 0 Å². The van der Waals surface area contributed by atoms with Gasteiger partial charge in [-0.3, -0.25) is 19.6 Å². The summed E-state index contributed by atoms with van der Waals surface area (Å²) in [4.78, 5) is 30.2. The van der Waals surface area contributed by atoms with Crippen LogP contribution in [-0.2, 0) is 13.6 Å². The van der Waals surface area contributed by atoms with Gasteiger partial charge in [0.1, 0.15) is 6.54 Å². The molecule has 3 heterocycles. The van der Waals surface area contributed by atoms with Crippen LogP contribution >= 0.6 is 11.3 Å². The Hall–Kier alpha value is -3.80. The number of benzene rings is 1. The molecule has 34 heavy (non-hydrogen) atoms. The third kappa shape index (κ3) is 4.62. The molecule has 1 aromatic carbocycles. The SMILES string of the molecule is Cc1nn(C)c2nc(-c3cccs3)cc(C(=O)N(Cc3ccccc3[N+](=O)[O-])CC(F)(F)F)c12. The Morgan fingerprint density at radius 2 is 1.97 bits per heavy atom. The maximum atomic E-state index is 13.6. The Bertz CT molecular complexity index is 1380. The van der Waals surface area contributed by atoms with Crippen molar-refractivity contribution >= 4 is 34.0 Å². The molecule has 0 atom stereocenters. The molecule has 12 heteroatoms. The first-order valence-corrected chi connectivity index (χ1v) is 10.9. The molecule has 176 valence electrons. The van der Waals surface area contributed by atoms with Gasteiger partial charge >= 0.3 is 6.18 Å². The highest BCUT2D eigenvalue weighted by Gasteiger charge is 2.35. The topological polar surface area (TPSA) is 94.2 Å². The Labute approximate surface area is 195 Å². The molecule has 0 saturated carbocycles. The highest BCUT2D eigenvalue weighted by Crippen LogP contribution is 2.31. The minimum atomic E-state index is -4.72. The van der Waals surface area contributed by atoms with Crippen molar-refractivity contribution in [3.05, 3.63) is 74.8 Å². The summed E-state index contributed by atoms with van der Waals surface area (Å²) in [5.41, 5.74) is 0.845. The lowest BCUT2D eigenvalue weighted by molar-refractivity contribution is -0.385. The first-order valence-electron chi connectivity index (χ1n) is 10.0. The number of aromatic nitrogens is 3. The summed E-state index contributed by atoms with van der Waals surface area (Å²) in [5.74, 6) is -0.920.